The molecule has 1 fully saturated rings. The van der Waals surface area contributed by atoms with Gasteiger partial charge in [-0.3, -0.25) is 0 Å². The Hall–Kier alpha value is -1.27. The predicted octanol–water partition coefficient (Wildman–Crippen LogP) is 1.13. The Morgan fingerprint density at radius 2 is 1.74 bits per heavy atom. The van der Waals surface area contributed by atoms with E-state index in [1.807, 2.05) is 24.3 Å². The summed E-state index contributed by atoms with van der Waals surface area (Å²) in [7, 11) is -1.43. The number of anilines is 2. The van der Waals surface area contributed by atoms with Crippen LogP contribution < -0.4 is 10.6 Å². The zero-order valence-corrected chi connectivity index (χ0v) is 12.2. The number of sulfonamides is 1. The van der Waals surface area contributed by atoms with Crippen LogP contribution in [-0.4, -0.2) is 45.2 Å². The smallest absolute Gasteiger partial charge is 0.211 e. The monoisotopic (exact) mass is 283 g/mol. The highest BCUT2D eigenvalue weighted by molar-refractivity contribution is 7.88. The number of benzene rings is 1. The minimum atomic E-state index is -3.09. The Balaban J connectivity index is 1.98. The lowest BCUT2D eigenvalue weighted by molar-refractivity contribution is 0.314. The van der Waals surface area contributed by atoms with Crippen LogP contribution >= 0.6 is 0 Å². The summed E-state index contributed by atoms with van der Waals surface area (Å²) in [6, 6.07) is 7.92. The molecule has 0 spiro atoms. The Morgan fingerprint density at radius 1 is 1.21 bits per heavy atom. The van der Waals surface area contributed by atoms with Crippen molar-refractivity contribution in [3.05, 3.63) is 24.3 Å². The van der Waals surface area contributed by atoms with Gasteiger partial charge in [0.05, 0.1) is 6.26 Å². The maximum absolute atomic E-state index is 11.5. The molecule has 0 aliphatic carbocycles. The third-order valence-electron chi connectivity index (χ3n) is 3.76. The molecular weight excluding hydrogens is 262 g/mol. The fraction of sp³-hybridized carbons (Fsp3) is 0.538. The molecule has 0 saturated carbocycles. The van der Waals surface area contributed by atoms with Gasteiger partial charge >= 0.3 is 0 Å². The summed E-state index contributed by atoms with van der Waals surface area (Å²) in [4.78, 5) is 2.27. The van der Waals surface area contributed by atoms with Crippen molar-refractivity contribution in [1.29, 1.82) is 0 Å². The van der Waals surface area contributed by atoms with Gasteiger partial charge in [0, 0.05) is 37.6 Å². The first kappa shape index (κ1) is 14.1. The SMILES string of the molecule is CN(C1CCN(c2ccc(N)cc2)CC1)S(C)(=O)=O. The lowest BCUT2D eigenvalue weighted by atomic mass is 10.0. The van der Waals surface area contributed by atoms with Crippen LogP contribution in [0, 0.1) is 0 Å². The number of rotatable bonds is 3. The van der Waals surface area contributed by atoms with Crippen LogP contribution in [0.25, 0.3) is 0 Å². The number of nitrogens with two attached hydrogens (primary N) is 1. The topological polar surface area (TPSA) is 66.6 Å². The van der Waals surface area contributed by atoms with Gasteiger partial charge in [0.2, 0.25) is 10.0 Å². The molecule has 0 aromatic heterocycles. The second kappa shape index (κ2) is 5.38. The molecule has 1 aromatic rings. The van der Waals surface area contributed by atoms with Gasteiger partial charge in [-0.05, 0) is 37.1 Å². The third kappa shape index (κ3) is 3.39. The van der Waals surface area contributed by atoms with E-state index < -0.39 is 10.0 Å². The van der Waals surface area contributed by atoms with Gasteiger partial charge in [-0.2, -0.15) is 0 Å². The summed E-state index contributed by atoms with van der Waals surface area (Å²) >= 11 is 0. The molecule has 6 heteroatoms. The number of hydrogen-bond acceptors (Lipinski definition) is 4. The molecule has 0 bridgehead atoms. The van der Waals surface area contributed by atoms with Crippen LogP contribution in [0.5, 0.6) is 0 Å². The summed E-state index contributed by atoms with van der Waals surface area (Å²) in [5.74, 6) is 0. The molecule has 0 unspecified atom stereocenters. The average Bonchev–Trinajstić information content (AvgIpc) is 2.38. The average molecular weight is 283 g/mol. The van der Waals surface area contributed by atoms with Gasteiger partial charge in [0.25, 0.3) is 0 Å². The van der Waals surface area contributed by atoms with Gasteiger partial charge < -0.3 is 10.6 Å². The van der Waals surface area contributed by atoms with Crippen LogP contribution in [0.1, 0.15) is 12.8 Å². The first-order chi connectivity index (χ1) is 8.88. The minimum absolute atomic E-state index is 0.111. The Kier molecular flexibility index (Phi) is 4.01. The summed E-state index contributed by atoms with van der Waals surface area (Å²) in [6.45, 7) is 1.74. The normalized spacial score (nSPS) is 17.9. The summed E-state index contributed by atoms with van der Waals surface area (Å²) in [5, 5.41) is 0. The van der Waals surface area contributed by atoms with Crippen molar-refractivity contribution < 1.29 is 8.42 Å². The molecule has 2 N–H and O–H groups in total. The van der Waals surface area contributed by atoms with Crippen molar-refractivity contribution in [2.75, 3.05) is 37.0 Å². The van der Waals surface area contributed by atoms with Gasteiger partial charge in [0.1, 0.15) is 0 Å². The van der Waals surface area contributed by atoms with Gasteiger partial charge in [-0.1, -0.05) is 0 Å². The molecule has 106 valence electrons. The molecule has 5 nitrogen and oxygen atoms in total. The number of nitrogen functional groups attached to an aromatic ring is 1. The molecule has 1 aliphatic heterocycles. The predicted molar refractivity (Wildman–Crippen MR) is 78.7 cm³/mol. The first-order valence-corrected chi connectivity index (χ1v) is 8.26. The lowest BCUT2D eigenvalue weighted by Gasteiger charge is -2.36. The van der Waals surface area contributed by atoms with Crippen molar-refractivity contribution in [2.45, 2.75) is 18.9 Å². The van der Waals surface area contributed by atoms with Crippen LogP contribution in [0.3, 0.4) is 0 Å². The van der Waals surface area contributed by atoms with Crippen molar-refractivity contribution in [1.82, 2.24) is 4.31 Å². The van der Waals surface area contributed by atoms with E-state index in [4.69, 9.17) is 5.73 Å². The second-order valence-electron chi connectivity index (χ2n) is 5.09. The minimum Gasteiger partial charge on any atom is -0.399 e. The summed E-state index contributed by atoms with van der Waals surface area (Å²) < 4.78 is 24.5. The van der Waals surface area contributed by atoms with Crippen molar-refractivity contribution in [3.63, 3.8) is 0 Å². The molecule has 19 heavy (non-hydrogen) atoms. The third-order valence-corrected chi connectivity index (χ3v) is 5.10. The fourth-order valence-electron chi connectivity index (χ4n) is 2.44. The molecule has 0 amide bonds. The quantitative estimate of drug-likeness (QED) is 0.845. The zero-order chi connectivity index (χ0) is 14.0. The molecule has 1 saturated heterocycles. The van der Waals surface area contributed by atoms with Gasteiger partial charge in [-0.25, -0.2) is 12.7 Å². The Bertz CT molecular complexity index is 519. The molecule has 1 aromatic carbocycles. The van der Waals surface area contributed by atoms with Crippen LogP contribution in [0.2, 0.25) is 0 Å². The lowest BCUT2D eigenvalue weighted by Crippen LogP contribution is -2.45. The van der Waals surface area contributed by atoms with E-state index in [1.165, 1.54) is 10.6 Å². The number of nitrogens with zero attached hydrogens (tertiary/aromatic N) is 2. The van der Waals surface area contributed by atoms with E-state index in [-0.39, 0.29) is 6.04 Å². The van der Waals surface area contributed by atoms with E-state index in [0.29, 0.717) is 0 Å². The van der Waals surface area contributed by atoms with E-state index in [1.54, 1.807) is 7.05 Å². The number of hydrogen-bond donors (Lipinski definition) is 1. The first-order valence-electron chi connectivity index (χ1n) is 6.41. The van der Waals surface area contributed by atoms with Crippen molar-refractivity contribution >= 4 is 21.4 Å². The largest absolute Gasteiger partial charge is 0.399 e. The van der Waals surface area contributed by atoms with Crippen LogP contribution in [0.4, 0.5) is 11.4 Å². The van der Waals surface area contributed by atoms with Crippen molar-refractivity contribution in [2.24, 2.45) is 0 Å². The summed E-state index contributed by atoms with van der Waals surface area (Å²) in [5.41, 5.74) is 7.58. The van der Waals surface area contributed by atoms with E-state index in [0.717, 1.165) is 37.3 Å². The van der Waals surface area contributed by atoms with E-state index >= 15 is 0 Å². The van der Waals surface area contributed by atoms with E-state index in [2.05, 4.69) is 4.90 Å². The van der Waals surface area contributed by atoms with Crippen LogP contribution in [-0.2, 0) is 10.0 Å². The highest BCUT2D eigenvalue weighted by Crippen LogP contribution is 2.23. The van der Waals surface area contributed by atoms with Crippen molar-refractivity contribution in [3.8, 4) is 0 Å². The molecule has 1 heterocycles. The molecule has 2 rings (SSSR count). The maximum atomic E-state index is 11.5. The fourth-order valence-corrected chi connectivity index (χ4v) is 3.20. The summed E-state index contributed by atoms with van der Waals surface area (Å²) in [6.07, 6.45) is 2.97. The molecule has 1 aliphatic rings. The molecule has 0 radical (unpaired) electrons. The standard InChI is InChI=1S/C13H21N3O2S/c1-15(19(2,17)18)12-7-9-16(10-8-12)13-5-3-11(14)4-6-13/h3-6,12H,7-10,14H2,1-2H3. The molecule has 0 atom stereocenters. The highest BCUT2D eigenvalue weighted by atomic mass is 32.2. The van der Waals surface area contributed by atoms with Gasteiger partial charge in [-0.15, -0.1) is 0 Å². The Labute approximate surface area is 115 Å². The van der Waals surface area contributed by atoms with Gasteiger partial charge in [0.15, 0.2) is 0 Å². The molecular formula is C13H21N3O2S. The zero-order valence-electron chi connectivity index (χ0n) is 11.4. The highest BCUT2D eigenvalue weighted by Gasteiger charge is 2.27. The number of piperidine rings is 1. The van der Waals surface area contributed by atoms with E-state index in [9.17, 15) is 8.42 Å². The Morgan fingerprint density at radius 3 is 2.21 bits per heavy atom. The maximum Gasteiger partial charge on any atom is 0.211 e. The second-order valence-corrected chi connectivity index (χ2v) is 7.13. The van der Waals surface area contributed by atoms with Crippen LogP contribution in [0.15, 0.2) is 24.3 Å².